The minimum absolute atomic E-state index is 0.0784. The van der Waals surface area contributed by atoms with Gasteiger partial charge in [-0.2, -0.15) is 0 Å². The molecule has 2 aromatic rings. The molecule has 3 rings (SSSR count). The number of rotatable bonds is 2. The van der Waals surface area contributed by atoms with Crippen molar-refractivity contribution in [2.24, 2.45) is 0 Å². The van der Waals surface area contributed by atoms with Gasteiger partial charge in [0.2, 0.25) is 0 Å². The molecule has 21 heavy (non-hydrogen) atoms. The van der Waals surface area contributed by atoms with Gasteiger partial charge in [0.1, 0.15) is 5.76 Å². The van der Waals surface area contributed by atoms with Crippen molar-refractivity contribution in [3.8, 4) is 0 Å². The Morgan fingerprint density at radius 1 is 1.33 bits per heavy atom. The summed E-state index contributed by atoms with van der Waals surface area (Å²) in [5.41, 5.74) is 0.961. The highest BCUT2D eigenvalue weighted by molar-refractivity contribution is 6.31. The van der Waals surface area contributed by atoms with Gasteiger partial charge < -0.3 is 14.6 Å². The number of nitrogens with zero attached hydrogens (tertiary/aromatic N) is 1. The number of halogens is 1. The fraction of sp³-hybridized carbons (Fsp3) is 0.312. The summed E-state index contributed by atoms with van der Waals surface area (Å²) in [6, 6.07) is 11.1. The molecule has 1 aromatic carbocycles. The smallest absolute Gasteiger partial charge is 0.290 e. The van der Waals surface area contributed by atoms with Crippen molar-refractivity contribution in [2.45, 2.75) is 13.0 Å². The minimum atomic E-state index is -0.0884. The molecule has 1 aliphatic rings. The molecular formula is C16H17ClN2O2. The second-order valence-electron chi connectivity index (χ2n) is 5.15. The number of hydrogen-bond donors (Lipinski definition) is 1. The Morgan fingerprint density at radius 2 is 2.14 bits per heavy atom. The molecule has 0 spiro atoms. The van der Waals surface area contributed by atoms with E-state index in [-0.39, 0.29) is 11.9 Å². The molecule has 1 fully saturated rings. The lowest BCUT2D eigenvalue weighted by Crippen LogP contribution is -2.48. The molecule has 0 bridgehead atoms. The highest BCUT2D eigenvalue weighted by Gasteiger charge is 2.31. The molecule has 1 atom stereocenters. The maximum Gasteiger partial charge on any atom is 0.290 e. The van der Waals surface area contributed by atoms with Crippen LogP contribution in [-0.4, -0.2) is 30.4 Å². The summed E-state index contributed by atoms with van der Waals surface area (Å²) in [5, 5.41) is 4.00. The second-order valence-corrected chi connectivity index (χ2v) is 5.56. The average molecular weight is 305 g/mol. The molecule has 2 heterocycles. The maximum atomic E-state index is 12.7. The first kappa shape index (κ1) is 14.2. The third-order valence-corrected chi connectivity index (χ3v) is 4.06. The third kappa shape index (κ3) is 2.82. The van der Waals surface area contributed by atoms with Crippen molar-refractivity contribution in [1.29, 1.82) is 0 Å². The van der Waals surface area contributed by atoms with Gasteiger partial charge in [-0.05, 0) is 30.7 Å². The highest BCUT2D eigenvalue weighted by Crippen LogP contribution is 2.29. The predicted molar refractivity (Wildman–Crippen MR) is 81.5 cm³/mol. The van der Waals surface area contributed by atoms with E-state index in [9.17, 15) is 4.79 Å². The molecule has 1 amide bonds. The van der Waals surface area contributed by atoms with E-state index in [0.29, 0.717) is 23.9 Å². The van der Waals surface area contributed by atoms with Crippen molar-refractivity contribution in [3.63, 3.8) is 0 Å². The number of hydrogen-bond acceptors (Lipinski definition) is 3. The molecule has 1 saturated heterocycles. The molecule has 0 radical (unpaired) electrons. The largest absolute Gasteiger partial charge is 0.456 e. The van der Waals surface area contributed by atoms with Gasteiger partial charge in [-0.25, -0.2) is 0 Å². The summed E-state index contributed by atoms with van der Waals surface area (Å²) < 4.78 is 5.47. The molecule has 5 heteroatoms. The number of carbonyl (C=O) groups is 1. The fourth-order valence-electron chi connectivity index (χ4n) is 2.66. The SMILES string of the molecule is Cc1ccc(C(=O)N2CCNCC2c2ccccc2Cl)o1. The van der Waals surface area contributed by atoms with E-state index in [2.05, 4.69) is 5.32 Å². The first-order valence-corrected chi connectivity index (χ1v) is 7.37. The van der Waals surface area contributed by atoms with E-state index in [1.165, 1.54) is 0 Å². The number of piperazine rings is 1. The van der Waals surface area contributed by atoms with Crippen LogP contribution in [0.15, 0.2) is 40.8 Å². The Balaban J connectivity index is 1.92. The van der Waals surface area contributed by atoms with Crippen molar-refractivity contribution < 1.29 is 9.21 Å². The quantitative estimate of drug-likeness (QED) is 0.927. The summed E-state index contributed by atoms with van der Waals surface area (Å²) in [4.78, 5) is 14.5. The fourth-order valence-corrected chi connectivity index (χ4v) is 2.92. The monoisotopic (exact) mass is 304 g/mol. The zero-order valence-corrected chi connectivity index (χ0v) is 12.6. The summed E-state index contributed by atoms with van der Waals surface area (Å²) in [6.45, 7) is 3.93. The average Bonchev–Trinajstić information content (AvgIpc) is 2.94. The molecule has 4 nitrogen and oxygen atoms in total. The Bertz CT molecular complexity index is 653. The van der Waals surface area contributed by atoms with Crippen LogP contribution in [0, 0.1) is 6.92 Å². The van der Waals surface area contributed by atoms with E-state index >= 15 is 0 Å². The Labute approximate surface area is 128 Å². The zero-order chi connectivity index (χ0) is 14.8. The van der Waals surface area contributed by atoms with E-state index < -0.39 is 0 Å². The second kappa shape index (κ2) is 5.92. The molecule has 1 aromatic heterocycles. The van der Waals surface area contributed by atoms with Crippen molar-refractivity contribution in [1.82, 2.24) is 10.2 Å². The minimum Gasteiger partial charge on any atom is -0.456 e. The summed E-state index contributed by atoms with van der Waals surface area (Å²) >= 11 is 6.29. The normalized spacial score (nSPS) is 18.8. The van der Waals surface area contributed by atoms with Crippen LogP contribution in [0.4, 0.5) is 0 Å². The maximum absolute atomic E-state index is 12.7. The lowest BCUT2D eigenvalue weighted by molar-refractivity contribution is 0.0600. The first-order chi connectivity index (χ1) is 10.2. The van der Waals surface area contributed by atoms with Crippen LogP contribution in [0.25, 0.3) is 0 Å². The summed E-state index contributed by atoms with van der Waals surface area (Å²) in [6.07, 6.45) is 0. The van der Waals surface area contributed by atoms with Gasteiger partial charge in [-0.1, -0.05) is 29.8 Å². The van der Waals surface area contributed by atoms with E-state index in [0.717, 1.165) is 17.9 Å². The number of benzene rings is 1. The topological polar surface area (TPSA) is 45.5 Å². The molecule has 0 saturated carbocycles. The molecule has 0 aliphatic carbocycles. The molecule has 1 unspecified atom stereocenters. The van der Waals surface area contributed by atoms with Crippen molar-refractivity contribution in [3.05, 3.63) is 58.5 Å². The Kier molecular flexibility index (Phi) is 3.99. The summed E-state index contributed by atoms with van der Waals surface area (Å²) in [7, 11) is 0. The van der Waals surface area contributed by atoms with Crippen LogP contribution >= 0.6 is 11.6 Å². The molecule has 1 N–H and O–H groups in total. The number of amides is 1. The lowest BCUT2D eigenvalue weighted by atomic mass is 10.0. The van der Waals surface area contributed by atoms with E-state index in [4.69, 9.17) is 16.0 Å². The van der Waals surface area contributed by atoms with Gasteiger partial charge in [0, 0.05) is 24.7 Å². The van der Waals surface area contributed by atoms with Crippen molar-refractivity contribution >= 4 is 17.5 Å². The van der Waals surface area contributed by atoms with Gasteiger partial charge in [-0.3, -0.25) is 4.79 Å². The van der Waals surface area contributed by atoms with Crippen molar-refractivity contribution in [2.75, 3.05) is 19.6 Å². The molecule has 110 valence electrons. The van der Waals surface area contributed by atoms with Gasteiger partial charge in [0.25, 0.3) is 5.91 Å². The predicted octanol–water partition coefficient (Wildman–Crippen LogP) is 3.03. The third-order valence-electron chi connectivity index (χ3n) is 3.72. The van der Waals surface area contributed by atoms with Gasteiger partial charge in [0.15, 0.2) is 5.76 Å². The van der Waals surface area contributed by atoms with E-state index in [1.54, 1.807) is 12.1 Å². The van der Waals surface area contributed by atoms with Crippen LogP contribution in [0.2, 0.25) is 5.02 Å². The Hall–Kier alpha value is -1.78. The number of furan rings is 1. The lowest BCUT2D eigenvalue weighted by Gasteiger charge is -2.36. The number of carbonyl (C=O) groups excluding carboxylic acids is 1. The zero-order valence-electron chi connectivity index (χ0n) is 11.8. The molecule has 1 aliphatic heterocycles. The van der Waals surface area contributed by atoms with Crippen LogP contribution in [0.1, 0.15) is 27.9 Å². The molecular weight excluding hydrogens is 288 g/mol. The first-order valence-electron chi connectivity index (χ1n) is 6.99. The number of aryl methyl sites for hydroxylation is 1. The van der Waals surface area contributed by atoms with Crippen LogP contribution in [-0.2, 0) is 0 Å². The standard InChI is InChI=1S/C16H17ClN2O2/c1-11-6-7-15(21-11)16(20)19-9-8-18-10-14(19)12-4-2-3-5-13(12)17/h2-7,14,18H,8-10H2,1H3. The summed E-state index contributed by atoms with van der Waals surface area (Å²) in [5.74, 6) is 1.03. The van der Waals surface area contributed by atoms with Gasteiger partial charge in [-0.15, -0.1) is 0 Å². The van der Waals surface area contributed by atoms with Crippen LogP contribution < -0.4 is 5.32 Å². The van der Waals surface area contributed by atoms with Gasteiger partial charge in [0.05, 0.1) is 6.04 Å². The van der Waals surface area contributed by atoms with Gasteiger partial charge >= 0.3 is 0 Å². The van der Waals surface area contributed by atoms with Crippen LogP contribution in [0.3, 0.4) is 0 Å². The van der Waals surface area contributed by atoms with E-state index in [1.807, 2.05) is 36.1 Å². The van der Waals surface area contributed by atoms with Crippen LogP contribution in [0.5, 0.6) is 0 Å². The highest BCUT2D eigenvalue weighted by atomic mass is 35.5. The number of nitrogens with one attached hydrogen (secondary N) is 1. The Morgan fingerprint density at radius 3 is 2.86 bits per heavy atom.